The molecule has 0 aromatic carbocycles. The second-order valence-electron chi connectivity index (χ2n) is 3.21. The number of rotatable bonds is 2. The number of imidazole rings is 1. The van der Waals surface area contributed by atoms with E-state index in [1.165, 1.54) is 0 Å². The van der Waals surface area contributed by atoms with Crippen molar-refractivity contribution in [3.63, 3.8) is 0 Å². The van der Waals surface area contributed by atoms with Crippen molar-refractivity contribution in [2.75, 3.05) is 0 Å². The highest BCUT2D eigenvalue weighted by Crippen LogP contribution is 2.25. The van der Waals surface area contributed by atoms with Crippen molar-refractivity contribution in [1.29, 1.82) is 0 Å². The molecule has 0 amide bonds. The molecule has 0 radical (unpaired) electrons. The van der Waals surface area contributed by atoms with E-state index in [2.05, 4.69) is 15.0 Å². The average molecular weight is 199 g/mol. The van der Waals surface area contributed by atoms with Crippen molar-refractivity contribution < 1.29 is 4.42 Å². The largest absolute Gasteiger partial charge is 0.453 e. The van der Waals surface area contributed by atoms with Gasteiger partial charge in [-0.3, -0.25) is 0 Å². The first kappa shape index (κ1) is 8.11. The van der Waals surface area contributed by atoms with Gasteiger partial charge in [-0.25, -0.2) is 4.98 Å². The fourth-order valence-electron chi connectivity index (χ4n) is 1.50. The summed E-state index contributed by atoms with van der Waals surface area (Å²) in [5, 5.41) is 0. The molecular weight excluding hydrogens is 190 g/mol. The molecular formula is C11H9N3O. The third-order valence-electron chi connectivity index (χ3n) is 2.23. The zero-order chi connectivity index (χ0) is 10.1. The molecule has 74 valence electrons. The van der Waals surface area contributed by atoms with Crippen molar-refractivity contribution in [2.24, 2.45) is 0 Å². The van der Waals surface area contributed by atoms with Crippen molar-refractivity contribution >= 4 is 0 Å². The predicted molar refractivity (Wildman–Crippen MR) is 56.1 cm³/mol. The Morgan fingerprint density at radius 2 is 1.87 bits per heavy atom. The summed E-state index contributed by atoms with van der Waals surface area (Å²) in [4.78, 5) is 10.0. The first-order valence-electron chi connectivity index (χ1n) is 4.66. The monoisotopic (exact) mass is 199 g/mol. The van der Waals surface area contributed by atoms with Crippen LogP contribution in [0.5, 0.6) is 0 Å². The van der Waals surface area contributed by atoms with Gasteiger partial charge in [0.2, 0.25) is 0 Å². The molecule has 0 aliphatic carbocycles. The molecule has 0 bridgehead atoms. The van der Waals surface area contributed by atoms with Crippen LogP contribution in [0, 0.1) is 0 Å². The van der Waals surface area contributed by atoms with Crippen molar-refractivity contribution in [3.05, 3.63) is 43.0 Å². The zero-order valence-corrected chi connectivity index (χ0v) is 7.90. The van der Waals surface area contributed by atoms with E-state index in [-0.39, 0.29) is 0 Å². The van der Waals surface area contributed by atoms with Gasteiger partial charge in [-0.1, -0.05) is 0 Å². The Morgan fingerprint density at radius 3 is 2.53 bits per heavy atom. The van der Waals surface area contributed by atoms with Crippen LogP contribution in [0.25, 0.3) is 22.9 Å². The number of H-pyrrole nitrogens is 2. The van der Waals surface area contributed by atoms with Gasteiger partial charge in [0.25, 0.3) is 0 Å². The normalized spacial score (nSPS) is 10.7. The molecule has 0 aliphatic heterocycles. The molecule has 0 saturated carbocycles. The second-order valence-corrected chi connectivity index (χ2v) is 3.21. The molecule has 3 rings (SSSR count). The number of nitrogens with one attached hydrogen (secondary N) is 2. The summed E-state index contributed by atoms with van der Waals surface area (Å²) in [6.45, 7) is 0. The van der Waals surface area contributed by atoms with Gasteiger partial charge >= 0.3 is 0 Å². The molecule has 0 unspecified atom stereocenters. The lowest BCUT2D eigenvalue weighted by molar-refractivity contribution is 0.593. The molecule has 15 heavy (non-hydrogen) atoms. The van der Waals surface area contributed by atoms with E-state index in [0.717, 1.165) is 22.9 Å². The van der Waals surface area contributed by atoms with Crippen LogP contribution in [-0.4, -0.2) is 15.0 Å². The molecule has 3 heterocycles. The van der Waals surface area contributed by atoms with E-state index in [1.54, 1.807) is 12.5 Å². The molecule has 0 fully saturated rings. The molecule has 0 aliphatic rings. The van der Waals surface area contributed by atoms with Gasteiger partial charge in [0.1, 0.15) is 5.69 Å². The van der Waals surface area contributed by atoms with Gasteiger partial charge in [-0.15, -0.1) is 0 Å². The lowest BCUT2D eigenvalue weighted by Gasteiger charge is -1.91. The molecule has 4 nitrogen and oxygen atoms in total. The van der Waals surface area contributed by atoms with Crippen LogP contribution in [0.3, 0.4) is 0 Å². The topological polar surface area (TPSA) is 57.6 Å². The average Bonchev–Trinajstić information content (AvgIpc) is 3.02. The van der Waals surface area contributed by atoms with Crippen molar-refractivity contribution in [2.45, 2.75) is 0 Å². The number of hydrogen-bond acceptors (Lipinski definition) is 2. The molecule has 0 saturated heterocycles. The Morgan fingerprint density at radius 1 is 1.00 bits per heavy atom. The molecule has 0 spiro atoms. The van der Waals surface area contributed by atoms with E-state index in [4.69, 9.17) is 4.42 Å². The van der Waals surface area contributed by atoms with Crippen molar-refractivity contribution in [3.8, 4) is 22.9 Å². The standard InChI is InChI=1S/C11H9N3O/c1-2-8(13-5-1)10-3-4-11(15-10)9-6-12-7-14-9/h1-7,13H,(H,12,14). The first-order valence-corrected chi connectivity index (χ1v) is 4.66. The Balaban J connectivity index is 2.02. The highest BCUT2D eigenvalue weighted by Gasteiger charge is 2.07. The fraction of sp³-hybridized carbons (Fsp3) is 0. The summed E-state index contributed by atoms with van der Waals surface area (Å²) in [7, 11) is 0. The number of aromatic amines is 2. The van der Waals surface area contributed by atoms with Crippen LogP contribution in [-0.2, 0) is 0 Å². The highest BCUT2D eigenvalue weighted by atomic mass is 16.3. The van der Waals surface area contributed by atoms with Gasteiger partial charge in [0.15, 0.2) is 11.5 Å². The quantitative estimate of drug-likeness (QED) is 0.666. The minimum Gasteiger partial charge on any atom is -0.453 e. The van der Waals surface area contributed by atoms with Crippen LogP contribution in [0.1, 0.15) is 0 Å². The Labute approximate surface area is 86.0 Å². The van der Waals surface area contributed by atoms with E-state index in [0.29, 0.717) is 0 Å². The molecule has 0 atom stereocenters. The van der Waals surface area contributed by atoms with Gasteiger partial charge in [0.05, 0.1) is 18.2 Å². The summed E-state index contributed by atoms with van der Waals surface area (Å²) >= 11 is 0. The lowest BCUT2D eigenvalue weighted by Crippen LogP contribution is -1.71. The van der Waals surface area contributed by atoms with Gasteiger partial charge in [-0.05, 0) is 24.3 Å². The van der Waals surface area contributed by atoms with E-state index < -0.39 is 0 Å². The Bertz CT molecular complexity index is 485. The summed E-state index contributed by atoms with van der Waals surface area (Å²) in [5.41, 5.74) is 1.86. The SMILES string of the molecule is c1c[nH]c(-c2ccc(-c3cnc[nH]3)o2)c1. The maximum absolute atomic E-state index is 5.67. The maximum Gasteiger partial charge on any atom is 0.152 e. The minimum atomic E-state index is 0.789. The Hall–Kier alpha value is -2.23. The summed E-state index contributed by atoms with van der Waals surface area (Å²) < 4.78 is 5.67. The highest BCUT2D eigenvalue weighted by molar-refractivity contribution is 5.59. The fourth-order valence-corrected chi connectivity index (χ4v) is 1.50. The number of aromatic nitrogens is 3. The molecule has 4 heteroatoms. The van der Waals surface area contributed by atoms with Crippen LogP contribution in [0.15, 0.2) is 47.4 Å². The second kappa shape index (κ2) is 3.16. The smallest absolute Gasteiger partial charge is 0.152 e. The summed E-state index contributed by atoms with van der Waals surface area (Å²) in [6, 6.07) is 7.76. The van der Waals surface area contributed by atoms with Gasteiger partial charge < -0.3 is 14.4 Å². The van der Waals surface area contributed by atoms with Crippen LogP contribution < -0.4 is 0 Å². The van der Waals surface area contributed by atoms with Crippen LogP contribution in [0.2, 0.25) is 0 Å². The lowest BCUT2D eigenvalue weighted by atomic mass is 10.3. The molecule has 3 aromatic rings. The minimum absolute atomic E-state index is 0.789. The zero-order valence-electron chi connectivity index (χ0n) is 7.90. The number of furan rings is 1. The Kier molecular flexibility index (Phi) is 1.71. The number of hydrogen-bond donors (Lipinski definition) is 2. The van der Waals surface area contributed by atoms with Crippen LogP contribution >= 0.6 is 0 Å². The van der Waals surface area contributed by atoms with Crippen molar-refractivity contribution in [1.82, 2.24) is 15.0 Å². The maximum atomic E-state index is 5.67. The van der Waals surface area contributed by atoms with Crippen LogP contribution in [0.4, 0.5) is 0 Å². The predicted octanol–water partition coefficient (Wildman–Crippen LogP) is 2.66. The third-order valence-corrected chi connectivity index (χ3v) is 2.23. The first-order chi connectivity index (χ1) is 7.43. The van der Waals surface area contributed by atoms with Gasteiger partial charge in [-0.2, -0.15) is 0 Å². The third kappa shape index (κ3) is 1.36. The summed E-state index contributed by atoms with van der Waals surface area (Å²) in [6.07, 6.45) is 5.23. The van der Waals surface area contributed by atoms with E-state index >= 15 is 0 Å². The number of nitrogens with zero attached hydrogens (tertiary/aromatic N) is 1. The van der Waals surface area contributed by atoms with Gasteiger partial charge in [0, 0.05) is 6.20 Å². The van der Waals surface area contributed by atoms with E-state index in [9.17, 15) is 0 Å². The summed E-state index contributed by atoms with van der Waals surface area (Å²) in [5.74, 6) is 1.61. The molecule has 2 N–H and O–H groups in total. The van der Waals surface area contributed by atoms with E-state index in [1.807, 2.05) is 30.5 Å². The molecule has 3 aromatic heterocycles.